The first-order valence-electron chi connectivity index (χ1n) is 5.86. The Morgan fingerprint density at radius 2 is 2.06 bits per heavy atom. The summed E-state index contributed by atoms with van der Waals surface area (Å²) in [6.07, 6.45) is 0.875. The highest BCUT2D eigenvalue weighted by molar-refractivity contribution is 6.33. The molecule has 0 amide bonds. The lowest BCUT2D eigenvalue weighted by Crippen LogP contribution is -2.26. The van der Waals surface area contributed by atoms with Crippen molar-refractivity contribution in [1.29, 1.82) is 0 Å². The third kappa shape index (κ3) is 1.94. The van der Waals surface area contributed by atoms with E-state index in [2.05, 4.69) is 15.3 Å². The molecule has 4 nitrogen and oxygen atoms in total. The van der Waals surface area contributed by atoms with Crippen molar-refractivity contribution in [3.63, 3.8) is 0 Å². The molecule has 3 rings (SSSR count). The number of benzene rings is 1. The maximum absolute atomic E-state index is 6.16. The number of nitrogen functional groups attached to an aromatic ring is 1. The molecule has 0 fully saturated rings. The van der Waals surface area contributed by atoms with E-state index in [0.29, 0.717) is 16.7 Å². The van der Waals surface area contributed by atoms with Crippen LogP contribution in [0.4, 0.5) is 5.82 Å². The molecule has 1 aromatic heterocycles. The Morgan fingerprint density at radius 1 is 1.22 bits per heavy atom. The van der Waals surface area contributed by atoms with E-state index >= 15 is 0 Å². The van der Waals surface area contributed by atoms with Crippen LogP contribution in [0.1, 0.15) is 11.3 Å². The summed E-state index contributed by atoms with van der Waals surface area (Å²) in [5.74, 6) is 1.15. The van der Waals surface area contributed by atoms with E-state index in [9.17, 15) is 0 Å². The third-order valence-electron chi connectivity index (χ3n) is 3.08. The first-order valence-corrected chi connectivity index (χ1v) is 6.24. The zero-order valence-electron chi connectivity index (χ0n) is 9.78. The van der Waals surface area contributed by atoms with Gasteiger partial charge in [-0.15, -0.1) is 0 Å². The fraction of sp³-hybridized carbons (Fsp3) is 0.231. The second-order valence-electron chi connectivity index (χ2n) is 4.26. The first-order chi connectivity index (χ1) is 8.75. The molecular formula is C13H13ClN4. The Balaban J connectivity index is 2.14. The molecule has 0 atom stereocenters. The molecule has 0 saturated heterocycles. The van der Waals surface area contributed by atoms with Gasteiger partial charge >= 0.3 is 0 Å². The highest BCUT2D eigenvalue weighted by atomic mass is 35.5. The topological polar surface area (TPSA) is 63.8 Å². The number of rotatable bonds is 1. The van der Waals surface area contributed by atoms with E-state index in [-0.39, 0.29) is 0 Å². The minimum atomic E-state index is 0.544. The van der Waals surface area contributed by atoms with Crippen LogP contribution in [0.5, 0.6) is 0 Å². The molecule has 0 saturated carbocycles. The number of nitrogens with zero attached hydrogens (tertiary/aromatic N) is 2. The lowest BCUT2D eigenvalue weighted by molar-refractivity contribution is 0.629. The van der Waals surface area contributed by atoms with Gasteiger partial charge in [0, 0.05) is 30.6 Å². The lowest BCUT2D eigenvalue weighted by Gasteiger charge is -2.18. The lowest BCUT2D eigenvalue weighted by atomic mass is 10.1. The number of aromatic nitrogens is 2. The summed E-state index contributed by atoms with van der Waals surface area (Å²) in [5.41, 5.74) is 8.86. The number of halogens is 1. The maximum Gasteiger partial charge on any atom is 0.163 e. The monoisotopic (exact) mass is 260 g/mol. The summed E-state index contributed by atoms with van der Waals surface area (Å²) in [6, 6.07) is 7.54. The molecule has 92 valence electrons. The van der Waals surface area contributed by atoms with E-state index in [4.69, 9.17) is 17.3 Å². The number of nitrogens with one attached hydrogen (secondary N) is 1. The van der Waals surface area contributed by atoms with Gasteiger partial charge in [0.1, 0.15) is 5.82 Å². The van der Waals surface area contributed by atoms with Crippen LogP contribution < -0.4 is 11.1 Å². The Morgan fingerprint density at radius 3 is 2.89 bits per heavy atom. The molecule has 2 heterocycles. The quantitative estimate of drug-likeness (QED) is 0.824. The van der Waals surface area contributed by atoms with Crippen molar-refractivity contribution in [3.8, 4) is 11.4 Å². The predicted molar refractivity (Wildman–Crippen MR) is 72.3 cm³/mol. The number of hydrogen-bond acceptors (Lipinski definition) is 4. The van der Waals surface area contributed by atoms with Crippen LogP contribution in [0.15, 0.2) is 24.3 Å². The molecule has 0 unspecified atom stereocenters. The second-order valence-corrected chi connectivity index (χ2v) is 4.67. The molecule has 18 heavy (non-hydrogen) atoms. The molecule has 3 N–H and O–H groups in total. The van der Waals surface area contributed by atoms with Gasteiger partial charge in [-0.05, 0) is 12.1 Å². The summed E-state index contributed by atoms with van der Waals surface area (Å²) in [7, 11) is 0. The molecule has 1 aliphatic heterocycles. The van der Waals surface area contributed by atoms with Gasteiger partial charge in [0.05, 0.1) is 10.7 Å². The van der Waals surface area contributed by atoms with Crippen molar-refractivity contribution >= 4 is 17.4 Å². The minimum Gasteiger partial charge on any atom is -0.383 e. The molecule has 0 aliphatic carbocycles. The van der Waals surface area contributed by atoms with Gasteiger partial charge < -0.3 is 11.1 Å². The molecular weight excluding hydrogens is 248 g/mol. The van der Waals surface area contributed by atoms with Crippen LogP contribution in [0, 0.1) is 0 Å². The van der Waals surface area contributed by atoms with Gasteiger partial charge in [-0.2, -0.15) is 0 Å². The standard InChI is InChI=1S/C13H13ClN4/c14-10-4-2-1-3-8(10)13-17-11-5-6-16-7-9(11)12(15)18-13/h1-4,16H,5-7H2,(H2,15,17,18). The molecule has 0 radical (unpaired) electrons. The molecule has 5 heteroatoms. The molecule has 0 bridgehead atoms. The second kappa shape index (κ2) is 4.55. The first kappa shape index (κ1) is 11.4. The van der Waals surface area contributed by atoms with Crippen LogP contribution in [0.2, 0.25) is 5.02 Å². The van der Waals surface area contributed by atoms with Gasteiger partial charge in [-0.1, -0.05) is 23.7 Å². The SMILES string of the molecule is Nc1nc(-c2ccccc2Cl)nc2c1CNCC2. The van der Waals surface area contributed by atoms with Gasteiger partial charge in [0.15, 0.2) is 5.82 Å². The summed E-state index contributed by atoms with van der Waals surface area (Å²) in [4.78, 5) is 8.95. The normalized spacial score (nSPS) is 14.3. The number of hydrogen-bond donors (Lipinski definition) is 2. The Kier molecular flexibility index (Phi) is 2.89. The number of nitrogens with two attached hydrogens (primary N) is 1. The smallest absolute Gasteiger partial charge is 0.163 e. The van der Waals surface area contributed by atoms with Crippen molar-refractivity contribution < 1.29 is 0 Å². The fourth-order valence-electron chi connectivity index (χ4n) is 2.13. The number of anilines is 1. The van der Waals surface area contributed by atoms with Crippen LogP contribution in [0.3, 0.4) is 0 Å². The predicted octanol–water partition coefficient (Wildman–Crippen LogP) is 2.02. The average Bonchev–Trinajstić information content (AvgIpc) is 2.39. The Labute approximate surface area is 110 Å². The van der Waals surface area contributed by atoms with Crippen LogP contribution in [-0.4, -0.2) is 16.5 Å². The minimum absolute atomic E-state index is 0.544. The van der Waals surface area contributed by atoms with Crippen molar-refractivity contribution in [2.45, 2.75) is 13.0 Å². The van der Waals surface area contributed by atoms with Crippen molar-refractivity contribution in [3.05, 3.63) is 40.5 Å². The van der Waals surface area contributed by atoms with Gasteiger partial charge in [0.25, 0.3) is 0 Å². The van der Waals surface area contributed by atoms with E-state index in [0.717, 1.165) is 36.3 Å². The Bertz CT molecular complexity index is 598. The van der Waals surface area contributed by atoms with Crippen molar-refractivity contribution in [1.82, 2.24) is 15.3 Å². The van der Waals surface area contributed by atoms with E-state index in [1.54, 1.807) is 0 Å². The molecule has 2 aromatic rings. The highest BCUT2D eigenvalue weighted by Crippen LogP contribution is 2.27. The fourth-order valence-corrected chi connectivity index (χ4v) is 2.35. The van der Waals surface area contributed by atoms with E-state index in [1.807, 2.05) is 24.3 Å². The molecule has 1 aliphatic rings. The number of fused-ring (bicyclic) bond motifs is 1. The van der Waals surface area contributed by atoms with Crippen molar-refractivity contribution in [2.75, 3.05) is 12.3 Å². The molecule has 1 aromatic carbocycles. The van der Waals surface area contributed by atoms with Gasteiger partial charge in [-0.3, -0.25) is 0 Å². The summed E-state index contributed by atoms with van der Waals surface area (Å²) < 4.78 is 0. The average molecular weight is 261 g/mol. The van der Waals surface area contributed by atoms with E-state index < -0.39 is 0 Å². The zero-order chi connectivity index (χ0) is 12.5. The Hall–Kier alpha value is -1.65. The largest absolute Gasteiger partial charge is 0.383 e. The summed E-state index contributed by atoms with van der Waals surface area (Å²) in [5, 5.41) is 3.91. The van der Waals surface area contributed by atoms with Gasteiger partial charge in [-0.25, -0.2) is 9.97 Å². The van der Waals surface area contributed by atoms with Crippen molar-refractivity contribution in [2.24, 2.45) is 0 Å². The van der Waals surface area contributed by atoms with Gasteiger partial charge in [0.2, 0.25) is 0 Å². The highest BCUT2D eigenvalue weighted by Gasteiger charge is 2.17. The third-order valence-corrected chi connectivity index (χ3v) is 3.41. The summed E-state index contributed by atoms with van der Waals surface area (Å²) >= 11 is 6.16. The molecule has 0 spiro atoms. The van der Waals surface area contributed by atoms with Crippen LogP contribution in [-0.2, 0) is 13.0 Å². The van der Waals surface area contributed by atoms with E-state index in [1.165, 1.54) is 0 Å². The van der Waals surface area contributed by atoms with Crippen LogP contribution >= 0.6 is 11.6 Å². The maximum atomic E-state index is 6.16. The zero-order valence-corrected chi connectivity index (χ0v) is 10.5. The van der Waals surface area contributed by atoms with Crippen LogP contribution in [0.25, 0.3) is 11.4 Å². The summed E-state index contributed by atoms with van der Waals surface area (Å²) in [6.45, 7) is 1.66.